The molecule has 2 aromatic carbocycles. The van der Waals surface area contributed by atoms with E-state index >= 15 is 0 Å². The first-order valence-corrected chi connectivity index (χ1v) is 8.11. The van der Waals surface area contributed by atoms with Crippen LogP contribution >= 0.6 is 0 Å². The van der Waals surface area contributed by atoms with Crippen LogP contribution in [-0.4, -0.2) is 17.7 Å². The lowest BCUT2D eigenvalue weighted by Crippen LogP contribution is -2.23. The van der Waals surface area contributed by atoms with Crippen molar-refractivity contribution in [2.45, 2.75) is 19.4 Å². The number of amides is 3. The molecular weight excluding hydrogens is 318 g/mol. The zero-order chi connectivity index (χ0) is 17.8. The summed E-state index contributed by atoms with van der Waals surface area (Å²) in [6.07, 6.45) is 1.91. The van der Waals surface area contributed by atoms with Gasteiger partial charge in [-0.1, -0.05) is 12.1 Å². The minimum Gasteiger partial charge on any atom is -0.366 e. The van der Waals surface area contributed by atoms with Gasteiger partial charge in [0.1, 0.15) is 0 Å². The predicted molar refractivity (Wildman–Crippen MR) is 93.9 cm³/mol. The molecule has 6 nitrogen and oxygen atoms in total. The number of rotatable bonds is 6. The van der Waals surface area contributed by atoms with Gasteiger partial charge < -0.3 is 16.4 Å². The quantitative estimate of drug-likeness (QED) is 0.752. The average molecular weight is 337 g/mol. The molecule has 3 rings (SSSR count). The standard InChI is InChI=1S/C19H19N3O3/c20-17(23)13-4-6-14(7-5-13)18(24)21-11-12-2-1-3-16(10-12)22-19(25)15-8-9-15/h1-7,10,15H,8-9,11H2,(H2,20,23)(H,21,24)(H,22,25). The molecule has 128 valence electrons. The molecule has 2 aromatic rings. The van der Waals surface area contributed by atoms with Crippen LogP contribution in [0.3, 0.4) is 0 Å². The van der Waals surface area contributed by atoms with E-state index in [1.54, 1.807) is 12.1 Å². The zero-order valence-corrected chi connectivity index (χ0v) is 13.6. The zero-order valence-electron chi connectivity index (χ0n) is 13.6. The smallest absolute Gasteiger partial charge is 0.251 e. The van der Waals surface area contributed by atoms with Gasteiger partial charge in [-0.25, -0.2) is 0 Å². The summed E-state index contributed by atoms with van der Waals surface area (Å²) in [4.78, 5) is 35.0. The van der Waals surface area contributed by atoms with E-state index in [1.807, 2.05) is 24.3 Å². The highest BCUT2D eigenvalue weighted by molar-refractivity contribution is 5.97. The van der Waals surface area contributed by atoms with E-state index in [1.165, 1.54) is 12.1 Å². The molecule has 6 heteroatoms. The molecule has 1 aliphatic carbocycles. The van der Waals surface area contributed by atoms with Crippen LogP contribution in [-0.2, 0) is 11.3 Å². The van der Waals surface area contributed by atoms with E-state index in [-0.39, 0.29) is 17.7 Å². The van der Waals surface area contributed by atoms with Crippen LogP contribution < -0.4 is 16.4 Å². The Balaban J connectivity index is 1.57. The van der Waals surface area contributed by atoms with Crippen molar-refractivity contribution in [2.24, 2.45) is 11.7 Å². The molecule has 3 amide bonds. The van der Waals surface area contributed by atoms with Crippen LogP contribution in [0.25, 0.3) is 0 Å². The molecular formula is C19H19N3O3. The van der Waals surface area contributed by atoms with Gasteiger partial charge in [-0.2, -0.15) is 0 Å². The number of hydrogen-bond acceptors (Lipinski definition) is 3. The van der Waals surface area contributed by atoms with Crippen LogP contribution in [0.1, 0.15) is 39.1 Å². The number of nitrogens with two attached hydrogens (primary N) is 1. The summed E-state index contributed by atoms with van der Waals surface area (Å²) in [6, 6.07) is 13.5. The Bertz CT molecular complexity index is 811. The minimum absolute atomic E-state index is 0.0516. The Kier molecular flexibility index (Phi) is 4.79. The highest BCUT2D eigenvalue weighted by atomic mass is 16.2. The normalized spacial score (nSPS) is 13.1. The molecule has 0 aliphatic heterocycles. The number of benzene rings is 2. The fraction of sp³-hybridized carbons (Fsp3) is 0.211. The largest absolute Gasteiger partial charge is 0.366 e. The summed E-state index contributed by atoms with van der Waals surface area (Å²) in [7, 11) is 0. The molecule has 0 spiro atoms. The fourth-order valence-electron chi connectivity index (χ4n) is 2.42. The van der Waals surface area contributed by atoms with Crippen molar-refractivity contribution in [3.05, 3.63) is 65.2 Å². The Labute approximate surface area is 145 Å². The van der Waals surface area contributed by atoms with E-state index in [9.17, 15) is 14.4 Å². The van der Waals surface area contributed by atoms with Gasteiger partial charge in [0, 0.05) is 29.3 Å². The summed E-state index contributed by atoms with van der Waals surface area (Å²) < 4.78 is 0. The maximum atomic E-state index is 12.2. The minimum atomic E-state index is -0.531. The highest BCUT2D eigenvalue weighted by Crippen LogP contribution is 2.30. The van der Waals surface area contributed by atoms with Crippen molar-refractivity contribution in [1.82, 2.24) is 5.32 Å². The lowest BCUT2D eigenvalue weighted by atomic mass is 10.1. The molecule has 0 atom stereocenters. The number of carbonyl (C=O) groups is 3. The van der Waals surface area contributed by atoms with E-state index in [0.29, 0.717) is 17.7 Å². The van der Waals surface area contributed by atoms with Gasteiger partial charge >= 0.3 is 0 Å². The SMILES string of the molecule is NC(=O)c1ccc(C(=O)NCc2cccc(NC(=O)C3CC3)c2)cc1. The van der Waals surface area contributed by atoms with E-state index in [2.05, 4.69) is 10.6 Å². The second-order valence-corrected chi connectivity index (χ2v) is 6.09. The molecule has 0 unspecified atom stereocenters. The molecule has 1 fully saturated rings. The first-order valence-electron chi connectivity index (χ1n) is 8.11. The van der Waals surface area contributed by atoms with Gasteiger partial charge in [0.2, 0.25) is 11.8 Å². The molecule has 4 N–H and O–H groups in total. The van der Waals surface area contributed by atoms with Gasteiger partial charge in [0.15, 0.2) is 0 Å². The second-order valence-electron chi connectivity index (χ2n) is 6.09. The Morgan fingerprint density at radius 2 is 1.68 bits per heavy atom. The molecule has 0 bridgehead atoms. The van der Waals surface area contributed by atoms with Crippen LogP contribution in [0, 0.1) is 5.92 Å². The monoisotopic (exact) mass is 337 g/mol. The molecule has 0 saturated heterocycles. The van der Waals surface area contributed by atoms with Crippen molar-refractivity contribution in [2.75, 3.05) is 5.32 Å². The van der Waals surface area contributed by atoms with Crippen LogP contribution in [0.2, 0.25) is 0 Å². The molecule has 0 aromatic heterocycles. The molecule has 0 radical (unpaired) electrons. The van der Waals surface area contributed by atoms with Gasteiger partial charge in [-0.15, -0.1) is 0 Å². The van der Waals surface area contributed by atoms with Crippen molar-refractivity contribution >= 4 is 23.4 Å². The van der Waals surface area contributed by atoms with Gasteiger partial charge in [0.05, 0.1) is 0 Å². The van der Waals surface area contributed by atoms with E-state index in [4.69, 9.17) is 5.73 Å². The van der Waals surface area contributed by atoms with Crippen molar-refractivity contribution < 1.29 is 14.4 Å². The lowest BCUT2D eigenvalue weighted by molar-refractivity contribution is -0.117. The van der Waals surface area contributed by atoms with Gasteiger partial charge in [-0.05, 0) is 54.8 Å². The molecule has 0 heterocycles. The predicted octanol–water partition coefficient (Wildman–Crippen LogP) is 2.06. The maximum absolute atomic E-state index is 12.2. The van der Waals surface area contributed by atoms with Crippen LogP contribution in [0.5, 0.6) is 0 Å². The molecule has 25 heavy (non-hydrogen) atoms. The van der Waals surface area contributed by atoms with Crippen molar-refractivity contribution in [1.29, 1.82) is 0 Å². The number of primary amides is 1. The number of nitrogens with one attached hydrogen (secondary N) is 2. The summed E-state index contributed by atoms with van der Waals surface area (Å²) in [5.41, 5.74) is 7.60. The van der Waals surface area contributed by atoms with Crippen molar-refractivity contribution in [3.8, 4) is 0 Å². The summed E-state index contributed by atoms with van der Waals surface area (Å²) in [5, 5.41) is 5.70. The third-order valence-electron chi connectivity index (χ3n) is 4.03. The Morgan fingerprint density at radius 1 is 1.00 bits per heavy atom. The average Bonchev–Trinajstić information content (AvgIpc) is 3.45. The summed E-state index contributed by atoms with van der Waals surface area (Å²) in [6.45, 7) is 0.337. The fourth-order valence-corrected chi connectivity index (χ4v) is 2.42. The molecule has 1 aliphatic rings. The topological polar surface area (TPSA) is 101 Å². The van der Waals surface area contributed by atoms with E-state index in [0.717, 1.165) is 24.1 Å². The number of hydrogen-bond donors (Lipinski definition) is 3. The highest BCUT2D eigenvalue weighted by Gasteiger charge is 2.29. The number of anilines is 1. The Morgan fingerprint density at radius 3 is 2.32 bits per heavy atom. The van der Waals surface area contributed by atoms with Crippen LogP contribution in [0.15, 0.2) is 48.5 Å². The second kappa shape index (κ2) is 7.17. The van der Waals surface area contributed by atoms with Crippen LogP contribution in [0.4, 0.5) is 5.69 Å². The first kappa shape index (κ1) is 16.7. The Hall–Kier alpha value is -3.15. The van der Waals surface area contributed by atoms with Crippen molar-refractivity contribution in [3.63, 3.8) is 0 Å². The summed E-state index contributed by atoms with van der Waals surface area (Å²) >= 11 is 0. The van der Waals surface area contributed by atoms with Gasteiger partial charge in [-0.3, -0.25) is 14.4 Å². The first-order chi connectivity index (χ1) is 12.0. The third kappa shape index (κ3) is 4.44. The van der Waals surface area contributed by atoms with Gasteiger partial charge in [0.25, 0.3) is 5.91 Å². The lowest BCUT2D eigenvalue weighted by Gasteiger charge is -2.09. The van der Waals surface area contributed by atoms with E-state index < -0.39 is 5.91 Å². The molecule has 1 saturated carbocycles. The maximum Gasteiger partial charge on any atom is 0.251 e. The summed E-state index contributed by atoms with van der Waals surface area (Å²) in [5.74, 6) is -0.581. The number of carbonyl (C=O) groups excluding carboxylic acids is 3. The third-order valence-corrected chi connectivity index (χ3v) is 4.03.